The number of rotatable bonds is 3. The normalized spacial score (nSPS) is 18.9. The maximum Gasteiger partial charge on any atom is 0.407 e. The van der Waals surface area contributed by atoms with E-state index in [1.54, 1.807) is 22.8 Å². The van der Waals surface area contributed by atoms with Gasteiger partial charge in [0.25, 0.3) is 0 Å². The van der Waals surface area contributed by atoms with Gasteiger partial charge in [0.05, 0.1) is 17.6 Å². The molecule has 152 valence electrons. The molecule has 0 unspecified atom stereocenters. The van der Waals surface area contributed by atoms with Gasteiger partial charge < -0.3 is 10.2 Å². The van der Waals surface area contributed by atoms with E-state index in [0.717, 1.165) is 42.9 Å². The van der Waals surface area contributed by atoms with Crippen LogP contribution >= 0.6 is 0 Å². The van der Waals surface area contributed by atoms with Crippen LogP contribution in [0, 0.1) is 5.95 Å². The Morgan fingerprint density at radius 3 is 2.48 bits per heavy atom. The highest BCUT2D eigenvalue weighted by atomic mass is 19.4. The molecule has 2 aliphatic rings. The summed E-state index contributed by atoms with van der Waals surface area (Å²) in [4.78, 5) is 6.36. The van der Waals surface area contributed by atoms with Crippen LogP contribution in [0.2, 0.25) is 0 Å². The number of hydrogen-bond acceptors (Lipinski definition) is 4. The molecule has 9 heteroatoms. The molecule has 1 aromatic carbocycles. The summed E-state index contributed by atoms with van der Waals surface area (Å²) in [6, 6.07) is 5.95. The van der Waals surface area contributed by atoms with Gasteiger partial charge in [-0.25, -0.2) is 9.50 Å². The van der Waals surface area contributed by atoms with Crippen molar-refractivity contribution in [1.82, 2.24) is 19.9 Å². The SMILES string of the molecule is CN[C@@H](c1ccc(N2CCC3(CC3)c3c2cnc2cc(F)nn32)cc1)C(F)(F)F. The first-order valence-corrected chi connectivity index (χ1v) is 9.49. The summed E-state index contributed by atoms with van der Waals surface area (Å²) in [5, 5.41) is 6.31. The van der Waals surface area contributed by atoms with Gasteiger partial charge in [-0.3, -0.25) is 0 Å². The molecule has 1 saturated carbocycles. The summed E-state index contributed by atoms with van der Waals surface area (Å²) >= 11 is 0. The second-order valence-electron chi connectivity index (χ2n) is 7.77. The molecule has 5 nitrogen and oxygen atoms in total. The smallest absolute Gasteiger partial charge is 0.339 e. The van der Waals surface area contributed by atoms with Gasteiger partial charge in [-0.05, 0) is 44.0 Å². The molecule has 5 rings (SSSR count). The van der Waals surface area contributed by atoms with Crippen molar-refractivity contribution < 1.29 is 17.6 Å². The van der Waals surface area contributed by atoms with Crippen LogP contribution in [0.5, 0.6) is 0 Å². The molecule has 3 aromatic rings. The fourth-order valence-electron chi connectivity index (χ4n) is 4.43. The summed E-state index contributed by atoms with van der Waals surface area (Å²) in [7, 11) is 1.29. The van der Waals surface area contributed by atoms with Crippen LogP contribution in [-0.4, -0.2) is 34.4 Å². The van der Waals surface area contributed by atoms with Crippen LogP contribution in [0.4, 0.5) is 28.9 Å². The van der Waals surface area contributed by atoms with Crippen LogP contribution in [0.15, 0.2) is 36.5 Å². The molecular formula is C20H19F4N5. The molecule has 1 aliphatic heterocycles. The molecule has 1 fully saturated rings. The minimum atomic E-state index is -4.37. The fraction of sp³-hybridized carbons (Fsp3) is 0.400. The Hall–Kier alpha value is -2.68. The van der Waals surface area contributed by atoms with Gasteiger partial charge in [-0.1, -0.05) is 12.1 Å². The van der Waals surface area contributed by atoms with Crippen LogP contribution in [-0.2, 0) is 5.41 Å². The molecule has 0 saturated heterocycles. The second-order valence-corrected chi connectivity index (χ2v) is 7.77. The zero-order chi connectivity index (χ0) is 20.4. The van der Waals surface area contributed by atoms with E-state index >= 15 is 0 Å². The number of fused-ring (bicyclic) bond motifs is 4. The third-order valence-electron chi connectivity index (χ3n) is 6.05. The summed E-state index contributed by atoms with van der Waals surface area (Å²) in [6.07, 6.45) is 0.257. The van der Waals surface area contributed by atoms with Crippen molar-refractivity contribution in [1.29, 1.82) is 0 Å². The lowest BCUT2D eigenvalue weighted by Gasteiger charge is -2.36. The Balaban J connectivity index is 1.56. The number of aromatic nitrogens is 3. The largest absolute Gasteiger partial charge is 0.407 e. The maximum absolute atomic E-state index is 13.8. The third kappa shape index (κ3) is 2.87. The Labute approximate surface area is 164 Å². The third-order valence-corrected chi connectivity index (χ3v) is 6.05. The van der Waals surface area contributed by atoms with Gasteiger partial charge in [-0.15, -0.1) is 5.10 Å². The lowest BCUT2D eigenvalue weighted by molar-refractivity contribution is -0.156. The number of nitrogens with one attached hydrogen (secondary N) is 1. The van der Waals surface area contributed by atoms with Crippen molar-refractivity contribution in [2.75, 3.05) is 18.5 Å². The fourth-order valence-corrected chi connectivity index (χ4v) is 4.43. The van der Waals surface area contributed by atoms with E-state index in [9.17, 15) is 17.6 Å². The van der Waals surface area contributed by atoms with E-state index < -0.39 is 18.2 Å². The highest BCUT2D eigenvalue weighted by Gasteiger charge is 2.51. The average molecular weight is 405 g/mol. The summed E-state index contributed by atoms with van der Waals surface area (Å²) in [5.41, 5.74) is 3.15. The first kappa shape index (κ1) is 18.4. The van der Waals surface area contributed by atoms with Gasteiger partial charge in [0.2, 0.25) is 5.95 Å². The Morgan fingerprint density at radius 1 is 1.14 bits per heavy atom. The van der Waals surface area contributed by atoms with E-state index in [1.165, 1.54) is 25.2 Å². The molecule has 1 aliphatic carbocycles. The molecule has 0 bridgehead atoms. The first-order chi connectivity index (χ1) is 13.8. The number of halogens is 4. The van der Waals surface area contributed by atoms with Crippen molar-refractivity contribution in [3.8, 4) is 0 Å². The van der Waals surface area contributed by atoms with Gasteiger partial charge in [0.15, 0.2) is 5.65 Å². The number of anilines is 2. The molecule has 29 heavy (non-hydrogen) atoms. The monoisotopic (exact) mass is 405 g/mol. The van der Waals surface area contributed by atoms with Crippen molar-refractivity contribution in [3.05, 3.63) is 53.7 Å². The summed E-state index contributed by atoms with van der Waals surface area (Å²) in [6.45, 7) is 0.720. The minimum absolute atomic E-state index is 0.0149. The highest BCUT2D eigenvalue weighted by molar-refractivity contribution is 5.70. The number of benzene rings is 1. The molecule has 1 spiro atoms. The Morgan fingerprint density at radius 2 is 1.86 bits per heavy atom. The van der Waals surface area contributed by atoms with Crippen molar-refractivity contribution in [3.63, 3.8) is 0 Å². The molecule has 1 atom stereocenters. The number of hydrogen-bond donors (Lipinski definition) is 1. The average Bonchev–Trinajstić information content (AvgIpc) is 3.33. The first-order valence-electron chi connectivity index (χ1n) is 9.49. The van der Waals surface area contributed by atoms with Crippen LogP contribution < -0.4 is 10.2 Å². The van der Waals surface area contributed by atoms with Crippen LogP contribution in [0.25, 0.3) is 5.65 Å². The van der Waals surface area contributed by atoms with Gasteiger partial charge in [0.1, 0.15) is 6.04 Å². The second kappa shape index (κ2) is 6.16. The Kier molecular flexibility index (Phi) is 3.90. The number of alkyl halides is 3. The lowest BCUT2D eigenvalue weighted by atomic mass is 9.91. The standard InChI is InChI=1S/C20H19F4N5/c1-25-17(20(22,23)24)12-2-4-13(5-3-12)28-9-8-19(6-7-19)18-14(28)11-26-16-10-15(21)27-29(16)18/h2-5,10-11,17,25H,6-9H2,1H3/t17-/m0/s1. The van der Waals surface area contributed by atoms with Crippen molar-refractivity contribution >= 4 is 17.0 Å². The van der Waals surface area contributed by atoms with Crippen LogP contribution in [0.1, 0.15) is 36.6 Å². The van der Waals surface area contributed by atoms with Crippen molar-refractivity contribution in [2.45, 2.75) is 36.9 Å². The lowest BCUT2D eigenvalue weighted by Crippen LogP contribution is -2.33. The molecule has 0 amide bonds. The van der Waals surface area contributed by atoms with E-state index in [-0.39, 0.29) is 11.0 Å². The van der Waals surface area contributed by atoms with Crippen molar-refractivity contribution in [2.24, 2.45) is 0 Å². The zero-order valence-electron chi connectivity index (χ0n) is 15.7. The maximum atomic E-state index is 13.8. The molecule has 2 aromatic heterocycles. The number of nitrogens with zero attached hydrogens (tertiary/aromatic N) is 4. The zero-order valence-corrected chi connectivity index (χ0v) is 15.7. The molecule has 0 radical (unpaired) electrons. The highest BCUT2D eigenvalue weighted by Crippen LogP contribution is 2.57. The van der Waals surface area contributed by atoms with Gasteiger partial charge in [0, 0.05) is 23.7 Å². The molecule has 3 heterocycles. The van der Waals surface area contributed by atoms with E-state index in [2.05, 4.69) is 15.4 Å². The predicted octanol–water partition coefficient (Wildman–Crippen LogP) is 4.26. The molecule has 1 N–H and O–H groups in total. The van der Waals surface area contributed by atoms with E-state index in [1.807, 2.05) is 4.90 Å². The summed E-state index contributed by atoms with van der Waals surface area (Å²) < 4.78 is 54.9. The quantitative estimate of drug-likeness (QED) is 0.662. The topological polar surface area (TPSA) is 45.5 Å². The Bertz CT molecular complexity index is 1070. The minimum Gasteiger partial charge on any atom is -0.339 e. The van der Waals surface area contributed by atoms with E-state index in [0.29, 0.717) is 5.65 Å². The molecular weight excluding hydrogens is 386 g/mol. The van der Waals surface area contributed by atoms with Gasteiger partial charge in [-0.2, -0.15) is 17.6 Å². The van der Waals surface area contributed by atoms with Gasteiger partial charge >= 0.3 is 6.18 Å². The predicted molar refractivity (Wildman–Crippen MR) is 99.8 cm³/mol. The van der Waals surface area contributed by atoms with E-state index in [4.69, 9.17) is 0 Å². The van der Waals surface area contributed by atoms with Crippen LogP contribution in [0.3, 0.4) is 0 Å². The summed E-state index contributed by atoms with van der Waals surface area (Å²) in [5.74, 6) is -0.576.